The van der Waals surface area contributed by atoms with Gasteiger partial charge in [0.05, 0.1) is 5.60 Å². The lowest BCUT2D eigenvalue weighted by Gasteiger charge is -2.30. The molecule has 0 atom stereocenters. The Morgan fingerprint density at radius 2 is 1.74 bits per heavy atom. The van der Waals surface area contributed by atoms with Crippen LogP contribution in [0.2, 0.25) is 0 Å². The van der Waals surface area contributed by atoms with Crippen molar-refractivity contribution in [2.45, 2.75) is 38.8 Å². The SMILES string of the molecule is CC(C)(O)/C=C/c1ccc2c(c1)CCN(C(=O)c1ccccc1Cc1ccccc1)C2. The van der Waals surface area contributed by atoms with E-state index >= 15 is 0 Å². The molecule has 0 saturated heterocycles. The van der Waals surface area contributed by atoms with Crippen LogP contribution in [-0.2, 0) is 19.4 Å². The van der Waals surface area contributed by atoms with Gasteiger partial charge in [-0.3, -0.25) is 4.79 Å². The van der Waals surface area contributed by atoms with Gasteiger partial charge in [-0.15, -0.1) is 0 Å². The van der Waals surface area contributed by atoms with E-state index in [2.05, 4.69) is 36.4 Å². The number of nitrogens with zero attached hydrogens (tertiary/aromatic N) is 1. The van der Waals surface area contributed by atoms with Gasteiger partial charge >= 0.3 is 0 Å². The number of rotatable bonds is 5. The zero-order chi connectivity index (χ0) is 21.8. The Morgan fingerprint density at radius 3 is 2.52 bits per heavy atom. The zero-order valence-electron chi connectivity index (χ0n) is 18.2. The van der Waals surface area contributed by atoms with Gasteiger partial charge in [0.25, 0.3) is 5.91 Å². The normalized spacial score (nSPS) is 14.0. The summed E-state index contributed by atoms with van der Waals surface area (Å²) in [5.74, 6) is 0.100. The highest BCUT2D eigenvalue weighted by Gasteiger charge is 2.23. The molecule has 0 spiro atoms. The molecule has 1 amide bonds. The lowest BCUT2D eigenvalue weighted by molar-refractivity contribution is 0.0733. The third-order valence-corrected chi connectivity index (χ3v) is 5.70. The molecule has 1 heterocycles. The monoisotopic (exact) mass is 411 g/mol. The van der Waals surface area contributed by atoms with Crippen molar-refractivity contribution in [2.24, 2.45) is 0 Å². The Labute approximate surface area is 184 Å². The average molecular weight is 412 g/mol. The number of amides is 1. The van der Waals surface area contributed by atoms with Crippen LogP contribution in [0.4, 0.5) is 0 Å². The molecule has 4 rings (SSSR count). The first-order chi connectivity index (χ1) is 14.9. The lowest BCUT2D eigenvalue weighted by Crippen LogP contribution is -2.36. The van der Waals surface area contributed by atoms with E-state index in [-0.39, 0.29) is 5.91 Å². The van der Waals surface area contributed by atoms with E-state index in [0.29, 0.717) is 13.1 Å². The van der Waals surface area contributed by atoms with Gasteiger partial charge in [-0.25, -0.2) is 0 Å². The molecule has 3 heteroatoms. The molecule has 0 radical (unpaired) electrons. The molecule has 3 nitrogen and oxygen atoms in total. The summed E-state index contributed by atoms with van der Waals surface area (Å²) in [6, 6.07) is 24.6. The third-order valence-electron chi connectivity index (χ3n) is 5.70. The number of carbonyl (C=O) groups is 1. The minimum atomic E-state index is -0.827. The summed E-state index contributed by atoms with van der Waals surface area (Å²) in [5, 5.41) is 9.91. The number of aliphatic hydroxyl groups is 1. The first kappa shape index (κ1) is 21.1. The highest BCUT2D eigenvalue weighted by Crippen LogP contribution is 2.24. The smallest absolute Gasteiger partial charge is 0.254 e. The topological polar surface area (TPSA) is 40.5 Å². The number of benzene rings is 3. The second-order valence-electron chi connectivity index (χ2n) is 8.81. The van der Waals surface area contributed by atoms with Crippen molar-refractivity contribution in [1.29, 1.82) is 0 Å². The van der Waals surface area contributed by atoms with Crippen LogP contribution >= 0.6 is 0 Å². The predicted molar refractivity (Wildman–Crippen MR) is 126 cm³/mol. The summed E-state index contributed by atoms with van der Waals surface area (Å²) in [4.78, 5) is 15.3. The molecule has 0 aliphatic carbocycles. The van der Waals surface area contributed by atoms with Crippen molar-refractivity contribution in [3.63, 3.8) is 0 Å². The van der Waals surface area contributed by atoms with E-state index < -0.39 is 5.60 Å². The van der Waals surface area contributed by atoms with Gasteiger partial charge in [-0.05, 0) is 60.6 Å². The molecule has 3 aromatic carbocycles. The van der Waals surface area contributed by atoms with Gasteiger partial charge < -0.3 is 10.0 Å². The van der Waals surface area contributed by atoms with E-state index in [1.54, 1.807) is 19.9 Å². The van der Waals surface area contributed by atoms with Gasteiger partial charge in [0.1, 0.15) is 0 Å². The van der Waals surface area contributed by atoms with Gasteiger partial charge in [-0.1, -0.05) is 78.9 Å². The predicted octanol–water partition coefficient (Wildman–Crippen LogP) is 5.26. The van der Waals surface area contributed by atoms with Crippen LogP contribution in [0.25, 0.3) is 6.08 Å². The van der Waals surface area contributed by atoms with Crippen LogP contribution in [0.15, 0.2) is 78.9 Å². The largest absolute Gasteiger partial charge is 0.386 e. The number of carbonyl (C=O) groups excluding carboxylic acids is 1. The maximum Gasteiger partial charge on any atom is 0.254 e. The summed E-state index contributed by atoms with van der Waals surface area (Å²) in [5.41, 5.74) is 5.79. The van der Waals surface area contributed by atoms with E-state index in [1.165, 1.54) is 16.7 Å². The van der Waals surface area contributed by atoms with Gasteiger partial charge in [0, 0.05) is 18.7 Å². The molecule has 1 aliphatic heterocycles. The fraction of sp³-hybridized carbons (Fsp3) is 0.250. The van der Waals surface area contributed by atoms with Crippen molar-refractivity contribution >= 4 is 12.0 Å². The Balaban J connectivity index is 1.51. The lowest BCUT2D eigenvalue weighted by atomic mass is 9.94. The quantitative estimate of drug-likeness (QED) is 0.622. The maximum atomic E-state index is 13.4. The molecule has 0 saturated carbocycles. The molecule has 0 aromatic heterocycles. The van der Waals surface area contributed by atoms with Crippen LogP contribution in [-0.4, -0.2) is 28.1 Å². The highest BCUT2D eigenvalue weighted by atomic mass is 16.3. The van der Waals surface area contributed by atoms with Crippen LogP contribution in [0, 0.1) is 0 Å². The number of fused-ring (bicyclic) bond motifs is 1. The molecule has 31 heavy (non-hydrogen) atoms. The Morgan fingerprint density at radius 1 is 1.00 bits per heavy atom. The van der Waals surface area contributed by atoms with Crippen molar-refractivity contribution in [1.82, 2.24) is 4.90 Å². The van der Waals surface area contributed by atoms with Crippen LogP contribution in [0.5, 0.6) is 0 Å². The fourth-order valence-electron chi connectivity index (χ4n) is 4.02. The third kappa shape index (κ3) is 5.31. The second kappa shape index (κ2) is 8.91. The summed E-state index contributed by atoms with van der Waals surface area (Å²) < 4.78 is 0. The van der Waals surface area contributed by atoms with Gasteiger partial charge in [0.2, 0.25) is 0 Å². The minimum absolute atomic E-state index is 0.100. The van der Waals surface area contributed by atoms with E-state index in [4.69, 9.17) is 0 Å². The summed E-state index contributed by atoms with van der Waals surface area (Å²) in [6.07, 6.45) is 5.35. The molecule has 1 aliphatic rings. The van der Waals surface area contributed by atoms with Crippen molar-refractivity contribution in [2.75, 3.05) is 6.54 Å². The van der Waals surface area contributed by atoms with Crippen LogP contribution in [0.1, 0.15) is 52.0 Å². The molecular formula is C28H29NO2. The molecule has 0 fully saturated rings. The van der Waals surface area contributed by atoms with E-state index in [9.17, 15) is 9.90 Å². The van der Waals surface area contributed by atoms with Gasteiger partial charge in [0.15, 0.2) is 0 Å². The second-order valence-corrected chi connectivity index (χ2v) is 8.81. The molecule has 0 bridgehead atoms. The van der Waals surface area contributed by atoms with Crippen molar-refractivity contribution in [3.8, 4) is 0 Å². The summed E-state index contributed by atoms with van der Waals surface area (Å²) in [6.45, 7) is 4.87. The minimum Gasteiger partial charge on any atom is -0.386 e. The molecule has 3 aromatic rings. The molecule has 0 unspecified atom stereocenters. The Bertz CT molecular complexity index is 1090. The standard InChI is InChI=1S/C28H29NO2/c1-28(2,31)16-14-22-12-13-25-20-29(17-15-23(25)18-22)27(30)26-11-7-6-10-24(26)19-21-8-4-3-5-9-21/h3-14,16,18,31H,15,17,19-20H2,1-2H3/b16-14+. The molecular weight excluding hydrogens is 382 g/mol. The Kier molecular flexibility index (Phi) is 6.06. The molecule has 1 N–H and O–H groups in total. The Hall–Kier alpha value is -3.17. The summed E-state index contributed by atoms with van der Waals surface area (Å²) in [7, 11) is 0. The zero-order valence-corrected chi connectivity index (χ0v) is 18.2. The average Bonchev–Trinajstić information content (AvgIpc) is 2.77. The summed E-state index contributed by atoms with van der Waals surface area (Å²) >= 11 is 0. The first-order valence-electron chi connectivity index (χ1n) is 10.8. The van der Waals surface area contributed by atoms with Gasteiger partial charge in [-0.2, -0.15) is 0 Å². The number of hydrogen-bond donors (Lipinski definition) is 1. The van der Waals surface area contributed by atoms with E-state index in [0.717, 1.165) is 29.5 Å². The highest BCUT2D eigenvalue weighted by molar-refractivity contribution is 5.96. The number of hydrogen-bond acceptors (Lipinski definition) is 2. The van der Waals surface area contributed by atoms with Crippen molar-refractivity contribution in [3.05, 3.63) is 112 Å². The fourth-order valence-corrected chi connectivity index (χ4v) is 4.02. The first-order valence-corrected chi connectivity index (χ1v) is 10.8. The van der Waals surface area contributed by atoms with Crippen molar-refractivity contribution < 1.29 is 9.90 Å². The van der Waals surface area contributed by atoms with Crippen LogP contribution < -0.4 is 0 Å². The molecule has 158 valence electrons. The van der Waals surface area contributed by atoms with Crippen LogP contribution in [0.3, 0.4) is 0 Å². The van der Waals surface area contributed by atoms with E-state index in [1.807, 2.05) is 47.4 Å². The maximum absolute atomic E-state index is 13.4.